The van der Waals surface area contributed by atoms with Crippen molar-refractivity contribution in [3.63, 3.8) is 0 Å². The largest absolute Gasteiger partial charge is 0.481 e. The molecule has 1 unspecified atom stereocenters. The number of nitrogens with zero attached hydrogens (tertiary/aromatic N) is 1. The molecular formula is C18H21NO2S. The molecule has 0 saturated carbocycles. The van der Waals surface area contributed by atoms with Crippen LogP contribution >= 0.6 is 11.3 Å². The summed E-state index contributed by atoms with van der Waals surface area (Å²) in [5.74, 6) is 0.867. The lowest BCUT2D eigenvalue weighted by Crippen LogP contribution is -2.42. The minimum Gasteiger partial charge on any atom is -0.481 e. The van der Waals surface area contributed by atoms with E-state index in [0.29, 0.717) is 6.54 Å². The molecule has 22 heavy (non-hydrogen) atoms. The van der Waals surface area contributed by atoms with Crippen molar-refractivity contribution in [2.75, 3.05) is 6.54 Å². The van der Waals surface area contributed by atoms with E-state index >= 15 is 0 Å². The molecule has 1 aliphatic heterocycles. The van der Waals surface area contributed by atoms with E-state index in [-0.39, 0.29) is 5.91 Å². The third kappa shape index (κ3) is 3.02. The molecule has 0 aliphatic carbocycles. The average molecular weight is 315 g/mol. The molecule has 2 aromatic rings. The molecule has 0 fully saturated rings. The Hall–Kier alpha value is -1.81. The number of aryl methyl sites for hydroxylation is 2. The molecule has 3 nitrogen and oxygen atoms in total. The maximum Gasteiger partial charge on any atom is 0.263 e. The van der Waals surface area contributed by atoms with Crippen molar-refractivity contribution in [1.29, 1.82) is 0 Å². The van der Waals surface area contributed by atoms with Gasteiger partial charge in [0.15, 0.2) is 6.10 Å². The first-order valence-corrected chi connectivity index (χ1v) is 8.50. The fourth-order valence-corrected chi connectivity index (χ4v) is 3.66. The summed E-state index contributed by atoms with van der Waals surface area (Å²) < 4.78 is 5.92. The highest BCUT2D eigenvalue weighted by Crippen LogP contribution is 2.25. The number of carbonyl (C=O) groups is 1. The summed E-state index contributed by atoms with van der Waals surface area (Å²) in [6.45, 7) is 7.37. The van der Waals surface area contributed by atoms with Crippen LogP contribution in [0.3, 0.4) is 0 Å². The van der Waals surface area contributed by atoms with Crippen LogP contribution in [0, 0.1) is 13.8 Å². The predicted molar refractivity (Wildman–Crippen MR) is 89.4 cm³/mol. The molecule has 2 heterocycles. The highest BCUT2D eigenvalue weighted by atomic mass is 32.1. The van der Waals surface area contributed by atoms with Gasteiger partial charge in [0.1, 0.15) is 5.75 Å². The number of rotatable bonds is 3. The molecule has 0 saturated heterocycles. The van der Waals surface area contributed by atoms with E-state index in [1.54, 1.807) is 11.3 Å². The van der Waals surface area contributed by atoms with Gasteiger partial charge in [-0.2, -0.15) is 0 Å². The standard InChI is InChI=1S/C18H21NO2S/c1-12-4-5-13(2)16(10-12)21-14(3)18(20)19-8-6-17-15(11-19)7-9-22-17/h4-5,7,9-10,14H,6,8,11H2,1-3H3. The number of fused-ring (bicyclic) bond motifs is 1. The molecule has 1 aromatic heterocycles. The third-order valence-corrected chi connectivity index (χ3v) is 5.14. The van der Waals surface area contributed by atoms with Crippen molar-refractivity contribution >= 4 is 17.2 Å². The van der Waals surface area contributed by atoms with Gasteiger partial charge in [-0.05, 0) is 61.4 Å². The highest BCUT2D eigenvalue weighted by Gasteiger charge is 2.26. The predicted octanol–water partition coefficient (Wildman–Crippen LogP) is 3.72. The number of thiophene rings is 1. The first-order valence-electron chi connectivity index (χ1n) is 7.62. The van der Waals surface area contributed by atoms with Crippen molar-refractivity contribution in [1.82, 2.24) is 4.90 Å². The zero-order chi connectivity index (χ0) is 15.7. The van der Waals surface area contributed by atoms with E-state index in [2.05, 4.69) is 17.5 Å². The second kappa shape index (κ2) is 6.13. The summed E-state index contributed by atoms with van der Waals surface area (Å²) in [6, 6.07) is 8.19. The van der Waals surface area contributed by atoms with Gasteiger partial charge in [0.25, 0.3) is 5.91 Å². The number of hydrogen-bond acceptors (Lipinski definition) is 3. The molecular weight excluding hydrogens is 294 g/mol. The first kappa shape index (κ1) is 15.1. The molecule has 0 spiro atoms. The van der Waals surface area contributed by atoms with E-state index in [0.717, 1.165) is 29.8 Å². The van der Waals surface area contributed by atoms with Crippen LogP contribution in [-0.2, 0) is 17.8 Å². The van der Waals surface area contributed by atoms with E-state index in [4.69, 9.17) is 4.74 Å². The van der Waals surface area contributed by atoms with Gasteiger partial charge < -0.3 is 9.64 Å². The molecule has 0 radical (unpaired) electrons. The Labute approximate surface area is 135 Å². The first-order chi connectivity index (χ1) is 10.5. The zero-order valence-electron chi connectivity index (χ0n) is 13.3. The lowest BCUT2D eigenvalue weighted by Gasteiger charge is -2.29. The maximum absolute atomic E-state index is 12.6. The topological polar surface area (TPSA) is 29.5 Å². The monoisotopic (exact) mass is 315 g/mol. The van der Waals surface area contributed by atoms with Crippen LogP contribution in [-0.4, -0.2) is 23.5 Å². The Bertz CT molecular complexity index is 692. The van der Waals surface area contributed by atoms with Crippen molar-refractivity contribution in [2.45, 2.75) is 39.8 Å². The zero-order valence-corrected chi connectivity index (χ0v) is 14.1. The smallest absolute Gasteiger partial charge is 0.263 e. The molecule has 116 valence electrons. The summed E-state index contributed by atoms with van der Waals surface area (Å²) in [4.78, 5) is 16.0. The van der Waals surface area contributed by atoms with Gasteiger partial charge in [0.2, 0.25) is 0 Å². The lowest BCUT2D eigenvalue weighted by atomic mass is 10.1. The van der Waals surface area contributed by atoms with Crippen LogP contribution in [0.5, 0.6) is 5.75 Å². The van der Waals surface area contributed by atoms with Gasteiger partial charge in [0, 0.05) is 18.0 Å². The average Bonchev–Trinajstić information content (AvgIpc) is 2.97. The summed E-state index contributed by atoms with van der Waals surface area (Å²) in [6.07, 6.45) is 0.496. The lowest BCUT2D eigenvalue weighted by molar-refractivity contribution is -0.138. The Kier molecular flexibility index (Phi) is 4.21. The molecule has 0 bridgehead atoms. The van der Waals surface area contributed by atoms with Crippen LogP contribution < -0.4 is 4.74 Å². The second-order valence-corrected chi connectivity index (χ2v) is 6.91. The molecule has 1 aliphatic rings. The quantitative estimate of drug-likeness (QED) is 0.864. The molecule has 3 rings (SSSR count). The van der Waals surface area contributed by atoms with Gasteiger partial charge in [0.05, 0.1) is 0 Å². The van der Waals surface area contributed by atoms with Crippen molar-refractivity contribution in [3.8, 4) is 5.75 Å². The Balaban J connectivity index is 1.69. The fraction of sp³-hybridized carbons (Fsp3) is 0.389. The minimum absolute atomic E-state index is 0.0674. The van der Waals surface area contributed by atoms with Gasteiger partial charge in [-0.25, -0.2) is 0 Å². The summed E-state index contributed by atoms with van der Waals surface area (Å²) in [7, 11) is 0. The summed E-state index contributed by atoms with van der Waals surface area (Å²) in [5.41, 5.74) is 3.48. The van der Waals surface area contributed by atoms with Crippen LogP contribution in [0.15, 0.2) is 29.6 Å². The minimum atomic E-state index is -0.458. The molecule has 0 N–H and O–H groups in total. The number of benzene rings is 1. The summed E-state index contributed by atoms with van der Waals surface area (Å²) >= 11 is 1.78. The Morgan fingerprint density at radius 2 is 2.14 bits per heavy atom. The fourth-order valence-electron chi connectivity index (χ4n) is 2.77. The van der Waals surface area contributed by atoms with E-state index in [1.165, 1.54) is 10.4 Å². The SMILES string of the molecule is Cc1ccc(C)c(OC(C)C(=O)N2CCc3sccc3C2)c1. The van der Waals surface area contributed by atoms with Gasteiger partial charge in [-0.3, -0.25) is 4.79 Å². The number of carbonyl (C=O) groups excluding carboxylic acids is 1. The summed E-state index contributed by atoms with van der Waals surface area (Å²) in [5, 5.41) is 2.11. The van der Waals surface area contributed by atoms with Gasteiger partial charge in [-0.1, -0.05) is 12.1 Å². The van der Waals surface area contributed by atoms with Gasteiger partial charge >= 0.3 is 0 Å². The van der Waals surface area contributed by atoms with Gasteiger partial charge in [-0.15, -0.1) is 11.3 Å². The van der Waals surface area contributed by atoms with Crippen LogP contribution in [0.4, 0.5) is 0 Å². The normalized spacial score (nSPS) is 15.3. The Morgan fingerprint density at radius 1 is 1.32 bits per heavy atom. The number of hydrogen-bond donors (Lipinski definition) is 0. The van der Waals surface area contributed by atoms with Crippen molar-refractivity contribution in [2.24, 2.45) is 0 Å². The number of ether oxygens (including phenoxy) is 1. The van der Waals surface area contributed by atoms with Crippen LogP contribution in [0.25, 0.3) is 0 Å². The maximum atomic E-state index is 12.6. The molecule has 1 aromatic carbocycles. The van der Waals surface area contributed by atoms with E-state index in [9.17, 15) is 4.79 Å². The highest BCUT2D eigenvalue weighted by molar-refractivity contribution is 7.10. The van der Waals surface area contributed by atoms with Crippen molar-refractivity contribution < 1.29 is 9.53 Å². The van der Waals surface area contributed by atoms with E-state index < -0.39 is 6.10 Å². The van der Waals surface area contributed by atoms with Crippen LogP contribution in [0.1, 0.15) is 28.5 Å². The molecule has 4 heteroatoms. The number of amides is 1. The molecule has 1 atom stereocenters. The van der Waals surface area contributed by atoms with E-state index in [1.807, 2.05) is 37.8 Å². The van der Waals surface area contributed by atoms with Crippen molar-refractivity contribution in [3.05, 3.63) is 51.2 Å². The molecule has 1 amide bonds. The van der Waals surface area contributed by atoms with Crippen LogP contribution in [0.2, 0.25) is 0 Å². The Morgan fingerprint density at radius 3 is 2.95 bits per heavy atom. The second-order valence-electron chi connectivity index (χ2n) is 5.91. The third-order valence-electron chi connectivity index (χ3n) is 4.11.